The summed E-state index contributed by atoms with van der Waals surface area (Å²) < 4.78 is 47.2. The molecule has 0 aliphatic heterocycles. The molecule has 0 atom stereocenters. The van der Waals surface area contributed by atoms with Crippen molar-refractivity contribution in [3.63, 3.8) is 0 Å². The van der Waals surface area contributed by atoms with E-state index in [1.165, 1.54) is 18.5 Å². The van der Waals surface area contributed by atoms with E-state index >= 15 is 0 Å². The van der Waals surface area contributed by atoms with Crippen LogP contribution in [-0.4, -0.2) is 22.8 Å². The molecule has 5 nitrogen and oxygen atoms in total. The first-order chi connectivity index (χ1) is 10.8. The molecule has 0 unspecified atom stereocenters. The molecule has 0 bridgehead atoms. The number of pyridine rings is 2. The number of aryl methyl sites for hydroxylation is 1. The van der Waals surface area contributed by atoms with Gasteiger partial charge in [-0.2, -0.15) is 13.2 Å². The summed E-state index contributed by atoms with van der Waals surface area (Å²) in [5, 5.41) is 0.126. The number of rotatable bonds is 5. The summed E-state index contributed by atoms with van der Waals surface area (Å²) in [4.78, 5) is 7.76. The Hall–Kier alpha value is -2.22. The monoisotopic (exact) mass is 347 g/mol. The van der Waals surface area contributed by atoms with Crippen LogP contribution in [0.25, 0.3) is 0 Å². The first-order valence-corrected chi connectivity index (χ1v) is 6.93. The summed E-state index contributed by atoms with van der Waals surface area (Å²) in [7, 11) is 0. The summed E-state index contributed by atoms with van der Waals surface area (Å²) in [6.07, 6.45) is -1.28. The molecule has 0 spiro atoms. The third-order valence-corrected chi connectivity index (χ3v) is 2.94. The smallest absolute Gasteiger partial charge is 0.422 e. The number of aromatic nitrogens is 2. The van der Waals surface area contributed by atoms with Crippen LogP contribution in [-0.2, 0) is 6.42 Å². The number of anilines is 1. The largest absolute Gasteiger partial charge is 0.478 e. The zero-order valence-corrected chi connectivity index (χ0v) is 12.8. The van der Waals surface area contributed by atoms with Gasteiger partial charge in [0.15, 0.2) is 18.1 Å². The molecule has 0 fully saturated rings. The van der Waals surface area contributed by atoms with Gasteiger partial charge in [-0.3, -0.25) is 0 Å². The molecule has 0 saturated carbocycles. The average Bonchev–Trinajstić information content (AvgIpc) is 2.48. The van der Waals surface area contributed by atoms with E-state index in [9.17, 15) is 13.2 Å². The lowest BCUT2D eigenvalue weighted by atomic mass is 10.2. The lowest BCUT2D eigenvalue weighted by Gasteiger charge is -2.14. The molecular formula is C14H13ClF3N3O2. The van der Waals surface area contributed by atoms with Crippen molar-refractivity contribution < 1.29 is 22.6 Å². The van der Waals surface area contributed by atoms with Crippen molar-refractivity contribution >= 4 is 17.4 Å². The number of hydrogen-bond donors (Lipinski definition) is 1. The summed E-state index contributed by atoms with van der Waals surface area (Å²) in [6.45, 7) is 0.393. The molecule has 0 aliphatic carbocycles. The van der Waals surface area contributed by atoms with Gasteiger partial charge in [-0.15, -0.1) is 0 Å². The Bertz CT molecular complexity index is 695. The van der Waals surface area contributed by atoms with E-state index in [0.717, 1.165) is 5.56 Å². The zero-order valence-electron chi connectivity index (χ0n) is 12.0. The molecule has 0 aliphatic rings. The molecule has 0 radical (unpaired) electrons. The van der Waals surface area contributed by atoms with E-state index in [-0.39, 0.29) is 16.7 Å². The second-order valence-corrected chi connectivity index (χ2v) is 4.97. The van der Waals surface area contributed by atoms with Crippen LogP contribution in [0.5, 0.6) is 17.4 Å². The molecule has 0 amide bonds. The maximum Gasteiger partial charge on any atom is 0.422 e. The Kier molecular flexibility index (Phi) is 5.15. The van der Waals surface area contributed by atoms with Crippen LogP contribution in [0.3, 0.4) is 0 Å². The van der Waals surface area contributed by atoms with Gasteiger partial charge in [0.05, 0.1) is 11.2 Å². The first-order valence-electron chi connectivity index (χ1n) is 6.56. The fraction of sp³-hybridized carbons (Fsp3) is 0.286. The molecule has 2 N–H and O–H groups in total. The van der Waals surface area contributed by atoms with Crippen LogP contribution in [0.15, 0.2) is 24.5 Å². The maximum absolute atomic E-state index is 12.3. The zero-order chi connectivity index (χ0) is 17.0. The normalized spacial score (nSPS) is 11.3. The second-order valence-electron chi connectivity index (χ2n) is 4.53. The molecule has 9 heteroatoms. The van der Waals surface area contributed by atoms with Crippen LogP contribution in [0, 0.1) is 0 Å². The van der Waals surface area contributed by atoms with Crippen LogP contribution in [0.1, 0.15) is 12.5 Å². The highest BCUT2D eigenvalue weighted by atomic mass is 35.5. The van der Waals surface area contributed by atoms with E-state index in [1.54, 1.807) is 6.07 Å². The first kappa shape index (κ1) is 17.1. The molecular weight excluding hydrogens is 335 g/mol. The van der Waals surface area contributed by atoms with Gasteiger partial charge in [-0.1, -0.05) is 18.5 Å². The Morgan fingerprint density at radius 2 is 1.91 bits per heavy atom. The van der Waals surface area contributed by atoms with Crippen molar-refractivity contribution in [2.45, 2.75) is 19.5 Å². The number of nitrogens with two attached hydrogens (primary N) is 1. The van der Waals surface area contributed by atoms with Gasteiger partial charge in [0.1, 0.15) is 5.82 Å². The Morgan fingerprint density at radius 3 is 2.57 bits per heavy atom. The summed E-state index contributed by atoms with van der Waals surface area (Å²) in [5.74, 6) is 0.286. The van der Waals surface area contributed by atoms with Gasteiger partial charge >= 0.3 is 6.18 Å². The highest BCUT2D eigenvalue weighted by Crippen LogP contribution is 2.34. The fourth-order valence-corrected chi connectivity index (χ4v) is 1.87. The fourth-order valence-electron chi connectivity index (χ4n) is 1.72. The third-order valence-electron chi connectivity index (χ3n) is 2.73. The predicted molar refractivity (Wildman–Crippen MR) is 78.9 cm³/mol. The maximum atomic E-state index is 12.3. The minimum atomic E-state index is -4.49. The Labute approximate surface area is 135 Å². The number of ether oxygens (including phenoxy) is 2. The number of hydrogen-bond acceptors (Lipinski definition) is 5. The van der Waals surface area contributed by atoms with Crippen LogP contribution < -0.4 is 15.2 Å². The molecule has 2 aromatic heterocycles. The average molecular weight is 348 g/mol. The number of alkyl halides is 3. The van der Waals surface area contributed by atoms with Crippen molar-refractivity contribution in [1.82, 2.24) is 9.97 Å². The standard InChI is InChI=1S/C14H13ClF3N3O2/c1-2-8-3-12(19)20-6-11(8)23-13-10(4-9(15)5-21-13)22-7-14(16,17)18/h3-6H,2,7H2,1H3,(H2,19,20). The SMILES string of the molecule is CCc1cc(N)ncc1Oc1ncc(Cl)cc1OCC(F)(F)F. The highest BCUT2D eigenvalue weighted by molar-refractivity contribution is 6.30. The van der Waals surface area contributed by atoms with E-state index in [4.69, 9.17) is 26.8 Å². The lowest BCUT2D eigenvalue weighted by Crippen LogP contribution is -2.19. The van der Waals surface area contributed by atoms with Gasteiger partial charge in [-0.25, -0.2) is 9.97 Å². The van der Waals surface area contributed by atoms with Gasteiger partial charge in [0, 0.05) is 12.3 Å². The summed E-state index contributed by atoms with van der Waals surface area (Å²) in [6, 6.07) is 2.81. The van der Waals surface area contributed by atoms with E-state index in [1.807, 2.05) is 6.92 Å². The minimum absolute atomic E-state index is 0.126. The van der Waals surface area contributed by atoms with Crippen LogP contribution in [0.2, 0.25) is 5.02 Å². The number of halogens is 4. The van der Waals surface area contributed by atoms with Gasteiger partial charge in [0.25, 0.3) is 5.88 Å². The molecule has 2 heterocycles. The molecule has 124 valence electrons. The van der Waals surface area contributed by atoms with Crippen LogP contribution in [0.4, 0.5) is 19.0 Å². The van der Waals surface area contributed by atoms with Crippen molar-refractivity contribution in [3.05, 3.63) is 35.1 Å². The Balaban J connectivity index is 2.29. The Morgan fingerprint density at radius 1 is 1.17 bits per heavy atom. The molecule has 0 saturated heterocycles. The van der Waals surface area contributed by atoms with Crippen molar-refractivity contribution in [3.8, 4) is 17.4 Å². The van der Waals surface area contributed by atoms with E-state index in [2.05, 4.69) is 9.97 Å². The summed E-state index contributed by atoms with van der Waals surface area (Å²) >= 11 is 5.74. The van der Waals surface area contributed by atoms with Gasteiger partial charge in [0.2, 0.25) is 0 Å². The minimum Gasteiger partial charge on any atom is -0.478 e. The molecule has 23 heavy (non-hydrogen) atoms. The van der Waals surface area contributed by atoms with Crippen molar-refractivity contribution in [2.24, 2.45) is 0 Å². The lowest BCUT2D eigenvalue weighted by molar-refractivity contribution is -0.153. The topological polar surface area (TPSA) is 70.3 Å². The van der Waals surface area contributed by atoms with E-state index < -0.39 is 12.8 Å². The number of nitrogen functional groups attached to an aromatic ring is 1. The molecule has 0 aromatic carbocycles. The van der Waals surface area contributed by atoms with Crippen LogP contribution >= 0.6 is 11.6 Å². The van der Waals surface area contributed by atoms with E-state index in [0.29, 0.717) is 18.0 Å². The van der Waals surface area contributed by atoms with Gasteiger partial charge < -0.3 is 15.2 Å². The molecule has 2 rings (SSSR count). The van der Waals surface area contributed by atoms with Crippen molar-refractivity contribution in [2.75, 3.05) is 12.3 Å². The second kappa shape index (κ2) is 6.91. The summed E-state index contributed by atoms with van der Waals surface area (Å²) in [5.41, 5.74) is 6.32. The molecule has 2 aromatic rings. The number of nitrogens with zero attached hydrogens (tertiary/aromatic N) is 2. The van der Waals surface area contributed by atoms with Crippen molar-refractivity contribution in [1.29, 1.82) is 0 Å². The predicted octanol–water partition coefficient (Wildman–Crippen LogP) is 4.01. The third kappa shape index (κ3) is 4.88. The highest BCUT2D eigenvalue weighted by Gasteiger charge is 2.29. The van der Waals surface area contributed by atoms with Gasteiger partial charge in [-0.05, 0) is 18.1 Å². The quantitative estimate of drug-likeness (QED) is 0.885.